The van der Waals surface area contributed by atoms with Crippen LogP contribution in [0.1, 0.15) is 0 Å². The second kappa shape index (κ2) is 13.0. The van der Waals surface area contributed by atoms with Gasteiger partial charge in [0, 0.05) is 55.2 Å². The summed E-state index contributed by atoms with van der Waals surface area (Å²) in [5.41, 5.74) is 11.9. The van der Waals surface area contributed by atoms with Crippen LogP contribution in [-0.4, -0.2) is 24.1 Å². The maximum absolute atomic E-state index is 5.21. The van der Waals surface area contributed by atoms with Gasteiger partial charge in [-0.15, -0.1) is 0 Å². The van der Waals surface area contributed by atoms with E-state index in [1.165, 1.54) is 21.8 Å². The highest BCUT2D eigenvalue weighted by Gasteiger charge is 2.23. The van der Waals surface area contributed by atoms with E-state index in [4.69, 9.17) is 15.0 Å². The Kier molecular flexibility index (Phi) is 7.42. The van der Waals surface area contributed by atoms with Gasteiger partial charge in [0.1, 0.15) is 0 Å². The van der Waals surface area contributed by atoms with Crippen molar-refractivity contribution < 1.29 is 0 Å². The van der Waals surface area contributed by atoms with Gasteiger partial charge in [0.25, 0.3) is 0 Å². The molecule has 262 valence electrons. The van der Waals surface area contributed by atoms with Crippen LogP contribution in [-0.2, 0) is 0 Å². The fraction of sp³-hybridized carbons (Fsp3) is 0. The van der Waals surface area contributed by atoms with Crippen LogP contribution in [0.3, 0.4) is 0 Å². The fourth-order valence-corrected chi connectivity index (χ4v) is 8.29. The van der Waals surface area contributed by atoms with E-state index >= 15 is 0 Å². The van der Waals surface area contributed by atoms with Crippen LogP contribution in [0, 0.1) is 0 Å². The maximum atomic E-state index is 5.21. The zero-order valence-corrected chi connectivity index (χ0v) is 30.3. The first-order valence-corrected chi connectivity index (χ1v) is 18.9. The van der Waals surface area contributed by atoms with Gasteiger partial charge in [-0.05, 0) is 60.2 Å². The topological polar surface area (TPSA) is 48.5 Å². The monoisotopic (exact) mass is 715 g/mol. The van der Waals surface area contributed by atoms with E-state index in [9.17, 15) is 0 Å². The SMILES string of the molecule is c1ccc(-c2nc(-c3ccccc3)nc(-c3ccc(-c4ccc5c(c4)c4ccccc4n5-c4ccccc4)c4c3c3ccccc3n4-c3ccccc3)n2)cc1. The van der Waals surface area contributed by atoms with Gasteiger partial charge in [0.2, 0.25) is 0 Å². The van der Waals surface area contributed by atoms with Crippen molar-refractivity contribution in [2.75, 3.05) is 0 Å². The molecule has 0 unspecified atom stereocenters. The highest BCUT2D eigenvalue weighted by atomic mass is 15.0. The van der Waals surface area contributed by atoms with Crippen molar-refractivity contribution >= 4 is 43.6 Å². The molecule has 0 N–H and O–H groups in total. The minimum atomic E-state index is 0.631. The highest BCUT2D eigenvalue weighted by molar-refractivity contribution is 6.20. The first-order valence-electron chi connectivity index (χ1n) is 18.9. The zero-order valence-electron chi connectivity index (χ0n) is 30.3. The van der Waals surface area contributed by atoms with E-state index in [2.05, 4.69) is 173 Å². The molecule has 3 aromatic heterocycles. The molecule has 0 aliphatic carbocycles. The second-order valence-electron chi connectivity index (χ2n) is 14.0. The largest absolute Gasteiger partial charge is 0.309 e. The van der Waals surface area contributed by atoms with E-state index in [0.717, 1.165) is 61.0 Å². The predicted octanol–water partition coefficient (Wildman–Crippen LogP) is 12.7. The molecule has 11 aromatic rings. The van der Waals surface area contributed by atoms with E-state index in [-0.39, 0.29) is 0 Å². The Morgan fingerprint density at radius 2 is 0.768 bits per heavy atom. The molecule has 0 amide bonds. The number of aromatic nitrogens is 5. The second-order valence-corrected chi connectivity index (χ2v) is 14.0. The van der Waals surface area contributed by atoms with Crippen molar-refractivity contribution in [1.29, 1.82) is 0 Å². The first kappa shape index (κ1) is 31.9. The van der Waals surface area contributed by atoms with Crippen LogP contribution in [0.2, 0.25) is 0 Å². The lowest BCUT2D eigenvalue weighted by Gasteiger charge is -2.14. The predicted molar refractivity (Wildman–Crippen MR) is 230 cm³/mol. The molecule has 3 heterocycles. The van der Waals surface area contributed by atoms with Gasteiger partial charge in [-0.1, -0.05) is 146 Å². The minimum Gasteiger partial charge on any atom is -0.309 e. The Balaban J connectivity index is 1.23. The molecule has 0 radical (unpaired) electrons. The Morgan fingerprint density at radius 3 is 1.39 bits per heavy atom. The highest BCUT2D eigenvalue weighted by Crippen LogP contribution is 2.44. The quantitative estimate of drug-likeness (QED) is 0.172. The zero-order chi connectivity index (χ0) is 37.0. The van der Waals surface area contributed by atoms with E-state index < -0.39 is 0 Å². The smallest absolute Gasteiger partial charge is 0.164 e. The molecule has 0 aliphatic rings. The van der Waals surface area contributed by atoms with Crippen molar-refractivity contribution in [3.63, 3.8) is 0 Å². The minimum absolute atomic E-state index is 0.631. The lowest BCUT2D eigenvalue weighted by atomic mass is 9.96. The summed E-state index contributed by atoms with van der Waals surface area (Å²) in [6.07, 6.45) is 0. The maximum Gasteiger partial charge on any atom is 0.164 e. The molecule has 8 aromatic carbocycles. The average Bonchev–Trinajstić information content (AvgIpc) is 3.80. The van der Waals surface area contributed by atoms with Gasteiger partial charge in [-0.25, -0.2) is 15.0 Å². The molecule has 0 saturated heterocycles. The number of para-hydroxylation sites is 4. The molecule has 5 heteroatoms. The number of hydrogen-bond donors (Lipinski definition) is 0. The molecule has 0 atom stereocenters. The third kappa shape index (κ3) is 5.13. The number of rotatable bonds is 6. The van der Waals surface area contributed by atoms with Crippen molar-refractivity contribution in [2.45, 2.75) is 0 Å². The normalized spacial score (nSPS) is 11.6. The van der Waals surface area contributed by atoms with Crippen LogP contribution < -0.4 is 0 Å². The van der Waals surface area contributed by atoms with Crippen molar-refractivity contribution in [2.24, 2.45) is 0 Å². The number of benzene rings is 8. The van der Waals surface area contributed by atoms with Crippen LogP contribution in [0.25, 0.3) is 100 Å². The van der Waals surface area contributed by atoms with Crippen LogP contribution in [0.4, 0.5) is 0 Å². The Hall–Kier alpha value is -7.63. The van der Waals surface area contributed by atoms with Crippen LogP contribution >= 0.6 is 0 Å². The molecule has 0 bridgehead atoms. The Bertz CT molecular complexity index is 3160. The summed E-state index contributed by atoms with van der Waals surface area (Å²) in [5, 5.41) is 4.65. The summed E-state index contributed by atoms with van der Waals surface area (Å²) < 4.78 is 4.77. The van der Waals surface area contributed by atoms with E-state index in [0.29, 0.717) is 17.5 Å². The molecule has 0 fully saturated rings. The van der Waals surface area contributed by atoms with Gasteiger partial charge in [-0.3, -0.25) is 0 Å². The first-order chi connectivity index (χ1) is 27.8. The third-order valence-corrected chi connectivity index (χ3v) is 10.8. The fourth-order valence-electron chi connectivity index (χ4n) is 8.29. The molecule has 0 spiro atoms. The summed E-state index contributed by atoms with van der Waals surface area (Å²) in [4.78, 5) is 15.4. The summed E-state index contributed by atoms with van der Waals surface area (Å²) in [6.45, 7) is 0. The Morgan fingerprint density at radius 1 is 0.304 bits per heavy atom. The Labute approximate surface area is 323 Å². The van der Waals surface area contributed by atoms with Crippen molar-refractivity contribution in [3.05, 3.63) is 200 Å². The van der Waals surface area contributed by atoms with Crippen LogP contribution in [0.5, 0.6) is 0 Å². The summed E-state index contributed by atoms with van der Waals surface area (Å²) in [7, 11) is 0. The van der Waals surface area contributed by atoms with Gasteiger partial charge in [0.15, 0.2) is 17.5 Å². The standard InChI is InChI=1S/C51H33N5/c1-5-17-34(18-6-1)49-52-50(35-19-7-2-8-20-35)54-51(53-49)42-31-30-39(48-47(42)41-26-14-16-28-45(41)56(48)38-23-11-4-12-24-38)36-29-32-46-43(33-36)40-25-13-15-27-44(40)55(46)37-21-9-3-10-22-37/h1-33H. The van der Waals surface area contributed by atoms with Gasteiger partial charge < -0.3 is 9.13 Å². The molecule has 5 nitrogen and oxygen atoms in total. The number of fused-ring (bicyclic) bond motifs is 6. The number of nitrogens with zero attached hydrogens (tertiary/aromatic N) is 5. The molecule has 56 heavy (non-hydrogen) atoms. The number of hydrogen-bond acceptors (Lipinski definition) is 3. The summed E-state index contributed by atoms with van der Waals surface area (Å²) in [6, 6.07) is 70.3. The third-order valence-electron chi connectivity index (χ3n) is 10.8. The van der Waals surface area contributed by atoms with Gasteiger partial charge in [0.05, 0.1) is 22.1 Å². The van der Waals surface area contributed by atoms with E-state index in [1.807, 2.05) is 36.4 Å². The van der Waals surface area contributed by atoms with Crippen molar-refractivity contribution in [1.82, 2.24) is 24.1 Å². The lowest BCUT2D eigenvalue weighted by molar-refractivity contribution is 1.08. The molecule has 0 saturated carbocycles. The molecule has 0 aliphatic heterocycles. The van der Waals surface area contributed by atoms with Crippen LogP contribution in [0.15, 0.2) is 200 Å². The summed E-state index contributed by atoms with van der Waals surface area (Å²) >= 11 is 0. The average molecular weight is 716 g/mol. The summed E-state index contributed by atoms with van der Waals surface area (Å²) in [5.74, 6) is 1.91. The van der Waals surface area contributed by atoms with Crippen molar-refractivity contribution in [3.8, 4) is 56.7 Å². The molecular weight excluding hydrogens is 683 g/mol. The lowest BCUT2D eigenvalue weighted by Crippen LogP contribution is -2.01. The molecular formula is C51H33N5. The molecule has 11 rings (SSSR count). The van der Waals surface area contributed by atoms with E-state index in [1.54, 1.807) is 0 Å². The van der Waals surface area contributed by atoms with Gasteiger partial charge >= 0.3 is 0 Å². The van der Waals surface area contributed by atoms with Gasteiger partial charge in [-0.2, -0.15) is 0 Å².